The van der Waals surface area contributed by atoms with Gasteiger partial charge in [-0.25, -0.2) is 0 Å². The molecule has 0 bridgehead atoms. The lowest BCUT2D eigenvalue weighted by Gasteiger charge is -2.07. The molecule has 136 valence electrons. The number of amides is 1. The monoisotopic (exact) mass is 374 g/mol. The Morgan fingerprint density at radius 3 is 2.38 bits per heavy atom. The number of aryl methyl sites for hydroxylation is 1. The van der Waals surface area contributed by atoms with E-state index in [-0.39, 0.29) is 11.4 Å². The van der Waals surface area contributed by atoms with Crippen LogP contribution in [0.5, 0.6) is 0 Å². The summed E-state index contributed by atoms with van der Waals surface area (Å²) in [4.78, 5) is 33.4. The minimum atomic E-state index is -0.526. The number of nitrogens with one attached hydrogen (secondary N) is 1. The van der Waals surface area contributed by atoms with Gasteiger partial charge in [0.2, 0.25) is 0 Å². The first-order chi connectivity index (χ1) is 12.4. The van der Waals surface area contributed by atoms with Crippen molar-refractivity contribution in [1.82, 2.24) is 0 Å². The first-order valence-electron chi connectivity index (χ1n) is 7.77. The third-order valence-electron chi connectivity index (χ3n) is 3.34. The molecule has 0 aliphatic heterocycles. The van der Waals surface area contributed by atoms with Gasteiger partial charge in [0.15, 0.2) is 6.61 Å². The smallest absolute Gasteiger partial charge is 0.316 e. The number of hydrogen-bond donors (Lipinski definition) is 1. The normalized spacial score (nSPS) is 10.2. The molecule has 1 N–H and O–H groups in total. The summed E-state index contributed by atoms with van der Waals surface area (Å²) in [6, 6.07) is 13.4. The van der Waals surface area contributed by atoms with Crippen molar-refractivity contribution in [2.24, 2.45) is 0 Å². The molecule has 0 fully saturated rings. The first kappa shape index (κ1) is 19.5. The topological polar surface area (TPSA) is 98.5 Å². The van der Waals surface area contributed by atoms with Crippen LogP contribution in [0, 0.1) is 17.0 Å². The maximum Gasteiger partial charge on any atom is 0.316 e. The van der Waals surface area contributed by atoms with Crippen molar-refractivity contribution in [3.05, 3.63) is 69.8 Å². The molecule has 8 heteroatoms. The van der Waals surface area contributed by atoms with Gasteiger partial charge in [0.25, 0.3) is 11.6 Å². The summed E-state index contributed by atoms with van der Waals surface area (Å²) in [6.07, 6.45) is 0. The molecule has 1 amide bonds. The average molecular weight is 374 g/mol. The van der Waals surface area contributed by atoms with Crippen LogP contribution in [0.3, 0.4) is 0 Å². The highest BCUT2D eigenvalue weighted by atomic mass is 32.2. The lowest BCUT2D eigenvalue weighted by atomic mass is 10.2. The Hall–Kier alpha value is -2.87. The number of rotatable bonds is 8. The summed E-state index contributed by atoms with van der Waals surface area (Å²) in [7, 11) is 0. The highest BCUT2D eigenvalue weighted by molar-refractivity contribution is 7.99. The van der Waals surface area contributed by atoms with Crippen LogP contribution in [0.2, 0.25) is 0 Å². The van der Waals surface area contributed by atoms with Gasteiger partial charge in [-0.2, -0.15) is 0 Å². The zero-order valence-electron chi connectivity index (χ0n) is 14.1. The van der Waals surface area contributed by atoms with Crippen molar-refractivity contribution >= 4 is 35.0 Å². The van der Waals surface area contributed by atoms with Crippen molar-refractivity contribution in [2.75, 3.05) is 17.7 Å². The van der Waals surface area contributed by atoms with E-state index >= 15 is 0 Å². The second-order valence-corrected chi connectivity index (χ2v) is 6.48. The van der Waals surface area contributed by atoms with Crippen molar-refractivity contribution in [1.29, 1.82) is 0 Å². The van der Waals surface area contributed by atoms with Crippen molar-refractivity contribution in [3.63, 3.8) is 0 Å². The van der Waals surface area contributed by atoms with Crippen molar-refractivity contribution < 1.29 is 19.2 Å². The number of non-ortho nitro benzene ring substituents is 1. The van der Waals surface area contributed by atoms with E-state index in [0.717, 1.165) is 5.56 Å². The predicted octanol–water partition coefficient (Wildman–Crippen LogP) is 3.32. The Labute approximate surface area is 154 Å². The van der Waals surface area contributed by atoms with Crippen LogP contribution in [0.1, 0.15) is 11.1 Å². The summed E-state index contributed by atoms with van der Waals surface area (Å²) < 4.78 is 4.92. The molecule has 0 aromatic heterocycles. The molecular weight excluding hydrogens is 356 g/mol. The maximum atomic E-state index is 11.7. The highest BCUT2D eigenvalue weighted by Crippen LogP contribution is 2.15. The standard InChI is InChI=1S/C18H18N2O5S/c1-13-2-4-14(5-3-13)11-26-12-18(22)25-10-17(21)19-15-6-8-16(9-7-15)20(23)24/h2-9H,10-12H2,1H3,(H,19,21). The van der Waals surface area contributed by atoms with Gasteiger partial charge in [-0.05, 0) is 24.6 Å². The molecule has 2 aromatic carbocycles. The number of thioether (sulfide) groups is 1. The van der Waals surface area contributed by atoms with E-state index in [1.807, 2.05) is 31.2 Å². The zero-order valence-corrected chi connectivity index (χ0v) is 15.0. The quantitative estimate of drug-likeness (QED) is 0.432. The predicted molar refractivity (Wildman–Crippen MR) is 100 cm³/mol. The van der Waals surface area contributed by atoms with Gasteiger partial charge in [0, 0.05) is 23.6 Å². The molecule has 2 rings (SSSR count). The third-order valence-corrected chi connectivity index (χ3v) is 4.31. The number of carbonyl (C=O) groups is 2. The van der Waals surface area contributed by atoms with Gasteiger partial charge in [-0.15, -0.1) is 11.8 Å². The van der Waals surface area contributed by atoms with Crippen LogP contribution in [-0.2, 0) is 20.1 Å². The lowest BCUT2D eigenvalue weighted by molar-refractivity contribution is -0.384. The zero-order chi connectivity index (χ0) is 18.9. The number of anilines is 1. The second kappa shape index (κ2) is 9.57. The summed E-state index contributed by atoms with van der Waals surface area (Å²) in [5.74, 6) is -0.139. The first-order valence-corrected chi connectivity index (χ1v) is 8.93. The average Bonchev–Trinajstić information content (AvgIpc) is 2.62. The molecule has 0 saturated carbocycles. The van der Waals surface area contributed by atoms with Gasteiger partial charge in [-0.1, -0.05) is 29.8 Å². The van der Waals surface area contributed by atoms with Gasteiger partial charge >= 0.3 is 5.97 Å². The molecule has 0 atom stereocenters. The summed E-state index contributed by atoms with van der Waals surface area (Å²) in [6.45, 7) is 1.61. The molecule has 7 nitrogen and oxygen atoms in total. The second-order valence-electron chi connectivity index (χ2n) is 5.49. The van der Waals surface area contributed by atoms with Crippen LogP contribution < -0.4 is 5.32 Å². The van der Waals surface area contributed by atoms with E-state index in [1.54, 1.807) is 0 Å². The fourth-order valence-electron chi connectivity index (χ4n) is 1.99. The van der Waals surface area contributed by atoms with Crippen LogP contribution in [0.15, 0.2) is 48.5 Å². The Morgan fingerprint density at radius 2 is 1.77 bits per heavy atom. The maximum absolute atomic E-state index is 11.7. The Morgan fingerprint density at radius 1 is 1.12 bits per heavy atom. The molecule has 0 aliphatic carbocycles. The molecule has 0 heterocycles. The number of carbonyl (C=O) groups excluding carboxylic acids is 2. The number of esters is 1. The van der Waals surface area contributed by atoms with Crippen molar-refractivity contribution in [2.45, 2.75) is 12.7 Å². The van der Waals surface area contributed by atoms with Gasteiger partial charge in [-0.3, -0.25) is 19.7 Å². The minimum absolute atomic E-state index is 0.0694. The van der Waals surface area contributed by atoms with Crippen LogP contribution in [-0.4, -0.2) is 29.2 Å². The number of nitro groups is 1. The Bertz CT molecular complexity index is 775. The molecule has 0 spiro atoms. The molecule has 0 saturated heterocycles. The summed E-state index contributed by atoms with van der Waals surface area (Å²) in [5, 5.41) is 13.1. The van der Waals surface area contributed by atoms with E-state index < -0.39 is 23.4 Å². The van der Waals surface area contributed by atoms with E-state index in [9.17, 15) is 19.7 Å². The minimum Gasteiger partial charge on any atom is -0.455 e. The van der Waals surface area contributed by atoms with E-state index in [1.165, 1.54) is 41.6 Å². The van der Waals surface area contributed by atoms with Crippen LogP contribution in [0.4, 0.5) is 11.4 Å². The number of ether oxygens (including phenoxy) is 1. The molecular formula is C18H18N2O5S. The fourth-order valence-corrected chi connectivity index (χ4v) is 2.77. The van der Waals surface area contributed by atoms with Crippen LogP contribution in [0.25, 0.3) is 0 Å². The number of hydrogen-bond acceptors (Lipinski definition) is 6. The van der Waals surface area contributed by atoms with Gasteiger partial charge < -0.3 is 10.1 Å². The van der Waals surface area contributed by atoms with E-state index in [0.29, 0.717) is 11.4 Å². The molecule has 0 aliphatic rings. The number of benzene rings is 2. The summed E-state index contributed by atoms with van der Waals surface area (Å²) >= 11 is 1.41. The fraction of sp³-hybridized carbons (Fsp3) is 0.222. The highest BCUT2D eigenvalue weighted by Gasteiger charge is 2.09. The largest absolute Gasteiger partial charge is 0.455 e. The third kappa shape index (κ3) is 6.56. The Balaban J connectivity index is 1.67. The van der Waals surface area contributed by atoms with Crippen LogP contribution >= 0.6 is 11.8 Å². The van der Waals surface area contributed by atoms with E-state index in [2.05, 4.69) is 5.32 Å². The van der Waals surface area contributed by atoms with Gasteiger partial charge in [0.1, 0.15) is 0 Å². The van der Waals surface area contributed by atoms with Crippen molar-refractivity contribution in [3.8, 4) is 0 Å². The Kier molecular flexibility index (Phi) is 7.16. The van der Waals surface area contributed by atoms with Gasteiger partial charge in [0.05, 0.1) is 10.7 Å². The summed E-state index contributed by atoms with van der Waals surface area (Å²) in [5.41, 5.74) is 2.62. The molecule has 0 unspecified atom stereocenters. The number of nitro benzene ring substituents is 1. The SMILES string of the molecule is Cc1ccc(CSCC(=O)OCC(=O)Nc2ccc([N+](=O)[O-])cc2)cc1. The molecule has 26 heavy (non-hydrogen) atoms. The molecule has 2 aromatic rings. The number of nitrogens with zero attached hydrogens (tertiary/aromatic N) is 1. The van der Waals surface area contributed by atoms with E-state index in [4.69, 9.17) is 4.74 Å². The molecule has 0 radical (unpaired) electrons. The lowest BCUT2D eigenvalue weighted by Crippen LogP contribution is -2.21.